The molecule has 122 valence electrons. The first kappa shape index (κ1) is 16.5. The van der Waals surface area contributed by atoms with Crippen molar-refractivity contribution in [3.8, 4) is 0 Å². The van der Waals surface area contributed by atoms with Gasteiger partial charge in [-0.05, 0) is 46.4 Å². The van der Waals surface area contributed by atoms with Crippen LogP contribution in [0.25, 0.3) is 0 Å². The Balaban J connectivity index is 1.84. The van der Waals surface area contributed by atoms with Gasteiger partial charge in [0.2, 0.25) is 0 Å². The normalized spacial score (nSPS) is 18.8. The first-order valence-electron chi connectivity index (χ1n) is 7.61. The number of ether oxygens (including phenoxy) is 1. The van der Waals surface area contributed by atoms with Crippen LogP contribution >= 0.6 is 0 Å². The molecule has 1 saturated heterocycles. The molecule has 2 heterocycles. The molecule has 22 heavy (non-hydrogen) atoms. The second kappa shape index (κ2) is 6.52. The Hall–Kier alpha value is -1.82. The standard InChI is InChI=1S/C16H25N3O3/c1-16(2,3)22-15(21)19-9-7-12(10-19)18(4)11-14(20)13-6-5-8-17-13/h5-6,8,12,17H,7,9-11H2,1-4H3. The molecule has 1 fully saturated rings. The van der Waals surface area contributed by atoms with Crippen LogP contribution in [-0.2, 0) is 4.74 Å². The zero-order chi connectivity index (χ0) is 16.3. The van der Waals surface area contributed by atoms with Crippen molar-refractivity contribution in [1.82, 2.24) is 14.8 Å². The molecule has 0 aromatic carbocycles. The van der Waals surface area contributed by atoms with E-state index >= 15 is 0 Å². The molecule has 1 atom stereocenters. The van der Waals surface area contributed by atoms with Crippen LogP contribution < -0.4 is 0 Å². The Morgan fingerprint density at radius 1 is 1.45 bits per heavy atom. The molecule has 1 amide bonds. The van der Waals surface area contributed by atoms with E-state index in [0.29, 0.717) is 25.3 Å². The molecule has 1 aromatic heterocycles. The fourth-order valence-corrected chi connectivity index (χ4v) is 2.54. The third-order valence-electron chi connectivity index (χ3n) is 3.73. The maximum atomic E-state index is 12.1. The summed E-state index contributed by atoms with van der Waals surface area (Å²) in [6.45, 7) is 7.19. The van der Waals surface area contributed by atoms with Crippen LogP contribution in [0.4, 0.5) is 4.79 Å². The quantitative estimate of drug-likeness (QED) is 0.866. The lowest BCUT2D eigenvalue weighted by Gasteiger charge is -2.26. The minimum Gasteiger partial charge on any atom is -0.444 e. The fourth-order valence-electron chi connectivity index (χ4n) is 2.54. The SMILES string of the molecule is CN(CC(=O)c1ccc[nH]1)C1CCN(C(=O)OC(C)(C)C)C1. The third-order valence-corrected chi connectivity index (χ3v) is 3.73. The number of rotatable bonds is 4. The molecule has 6 heteroatoms. The summed E-state index contributed by atoms with van der Waals surface area (Å²) in [5.74, 6) is 0.0585. The van der Waals surface area contributed by atoms with Gasteiger partial charge in [-0.3, -0.25) is 9.69 Å². The number of aromatic nitrogens is 1. The molecule has 1 aromatic rings. The summed E-state index contributed by atoms with van der Waals surface area (Å²) in [5, 5.41) is 0. The highest BCUT2D eigenvalue weighted by molar-refractivity contribution is 5.95. The predicted octanol–water partition coefficient (Wildman–Crippen LogP) is 2.14. The van der Waals surface area contributed by atoms with Crippen LogP contribution in [0.3, 0.4) is 0 Å². The number of Topliss-reactive ketones (excluding diaryl/α,β-unsaturated/α-hetero) is 1. The Kier molecular flexibility index (Phi) is 4.90. The van der Waals surface area contributed by atoms with Crippen molar-refractivity contribution in [2.75, 3.05) is 26.7 Å². The minimum absolute atomic E-state index is 0.0585. The summed E-state index contributed by atoms with van der Waals surface area (Å²) in [4.78, 5) is 30.8. The van der Waals surface area contributed by atoms with Crippen LogP contribution in [0.1, 0.15) is 37.7 Å². The monoisotopic (exact) mass is 307 g/mol. The van der Waals surface area contributed by atoms with Gasteiger partial charge in [0.25, 0.3) is 0 Å². The van der Waals surface area contributed by atoms with Crippen LogP contribution in [0.5, 0.6) is 0 Å². The number of likely N-dealkylation sites (N-methyl/N-ethyl adjacent to an activating group) is 1. The van der Waals surface area contributed by atoms with Gasteiger partial charge in [0.1, 0.15) is 5.60 Å². The summed E-state index contributed by atoms with van der Waals surface area (Å²) in [6, 6.07) is 3.77. The first-order valence-corrected chi connectivity index (χ1v) is 7.61. The van der Waals surface area contributed by atoms with Gasteiger partial charge in [0, 0.05) is 25.3 Å². The highest BCUT2D eigenvalue weighted by Gasteiger charge is 2.32. The Morgan fingerprint density at radius 2 is 2.18 bits per heavy atom. The van der Waals surface area contributed by atoms with Crippen LogP contribution in [0.2, 0.25) is 0 Å². The number of likely N-dealkylation sites (tertiary alicyclic amines) is 1. The Bertz CT molecular complexity index is 519. The number of ketones is 1. The maximum Gasteiger partial charge on any atom is 0.410 e. The Labute approximate surface area is 131 Å². The molecule has 0 bridgehead atoms. The average Bonchev–Trinajstić information content (AvgIpc) is 3.08. The van der Waals surface area contributed by atoms with E-state index in [1.807, 2.05) is 38.8 Å². The van der Waals surface area contributed by atoms with Gasteiger partial charge in [-0.1, -0.05) is 0 Å². The molecule has 1 aliphatic heterocycles. The number of nitrogens with zero attached hydrogens (tertiary/aromatic N) is 2. The molecule has 0 saturated carbocycles. The maximum absolute atomic E-state index is 12.1. The second-order valence-corrected chi connectivity index (χ2v) is 6.79. The molecule has 0 radical (unpaired) electrons. The number of H-pyrrole nitrogens is 1. The number of hydrogen-bond acceptors (Lipinski definition) is 4. The molecular weight excluding hydrogens is 282 g/mol. The highest BCUT2D eigenvalue weighted by Crippen LogP contribution is 2.18. The number of amides is 1. The summed E-state index contributed by atoms with van der Waals surface area (Å²) in [6.07, 6.45) is 2.32. The van der Waals surface area contributed by atoms with Gasteiger partial charge >= 0.3 is 6.09 Å². The van der Waals surface area contributed by atoms with Crippen molar-refractivity contribution in [3.05, 3.63) is 24.0 Å². The largest absolute Gasteiger partial charge is 0.444 e. The van der Waals surface area contributed by atoms with Crippen molar-refractivity contribution >= 4 is 11.9 Å². The van der Waals surface area contributed by atoms with E-state index in [0.717, 1.165) is 6.42 Å². The summed E-state index contributed by atoms with van der Waals surface area (Å²) in [5.41, 5.74) is 0.138. The van der Waals surface area contributed by atoms with Crippen molar-refractivity contribution in [2.45, 2.75) is 38.8 Å². The van der Waals surface area contributed by atoms with Gasteiger partial charge in [0.15, 0.2) is 5.78 Å². The summed E-state index contributed by atoms with van der Waals surface area (Å²) in [7, 11) is 1.92. The van der Waals surface area contributed by atoms with E-state index in [1.165, 1.54) is 0 Å². The smallest absolute Gasteiger partial charge is 0.410 e. The zero-order valence-electron chi connectivity index (χ0n) is 13.8. The molecule has 1 N–H and O–H groups in total. The van der Waals surface area contributed by atoms with Gasteiger partial charge in [0.05, 0.1) is 12.2 Å². The fraction of sp³-hybridized carbons (Fsp3) is 0.625. The van der Waals surface area contributed by atoms with E-state index < -0.39 is 5.60 Å². The van der Waals surface area contributed by atoms with E-state index in [9.17, 15) is 9.59 Å². The van der Waals surface area contributed by atoms with Crippen LogP contribution in [0.15, 0.2) is 18.3 Å². The topological polar surface area (TPSA) is 65.6 Å². The summed E-state index contributed by atoms with van der Waals surface area (Å²) < 4.78 is 5.39. The lowest BCUT2D eigenvalue weighted by Crippen LogP contribution is -2.40. The number of carbonyl (C=O) groups is 2. The van der Waals surface area contributed by atoms with Gasteiger partial charge < -0.3 is 14.6 Å². The molecule has 1 unspecified atom stereocenters. The van der Waals surface area contributed by atoms with Crippen molar-refractivity contribution in [2.24, 2.45) is 0 Å². The predicted molar refractivity (Wildman–Crippen MR) is 84.0 cm³/mol. The zero-order valence-corrected chi connectivity index (χ0v) is 13.8. The van der Waals surface area contributed by atoms with E-state index in [1.54, 1.807) is 17.2 Å². The van der Waals surface area contributed by atoms with Crippen molar-refractivity contribution in [1.29, 1.82) is 0 Å². The third kappa shape index (κ3) is 4.34. The molecule has 6 nitrogen and oxygen atoms in total. The van der Waals surface area contributed by atoms with E-state index in [-0.39, 0.29) is 17.9 Å². The molecular formula is C16H25N3O3. The average molecular weight is 307 g/mol. The minimum atomic E-state index is -0.481. The van der Waals surface area contributed by atoms with Gasteiger partial charge in [-0.25, -0.2) is 4.79 Å². The molecule has 0 spiro atoms. The van der Waals surface area contributed by atoms with E-state index in [4.69, 9.17) is 4.74 Å². The highest BCUT2D eigenvalue weighted by atomic mass is 16.6. The number of aromatic amines is 1. The number of hydrogen-bond donors (Lipinski definition) is 1. The number of carbonyl (C=O) groups excluding carboxylic acids is 2. The van der Waals surface area contributed by atoms with Crippen molar-refractivity contribution in [3.63, 3.8) is 0 Å². The van der Waals surface area contributed by atoms with E-state index in [2.05, 4.69) is 4.98 Å². The molecule has 0 aliphatic carbocycles. The lowest BCUT2D eigenvalue weighted by molar-refractivity contribution is 0.0283. The first-order chi connectivity index (χ1) is 10.3. The van der Waals surface area contributed by atoms with Crippen molar-refractivity contribution < 1.29 is 14.3 Å². The summed E-state index contributed by atoms with van der Waals surface area (Å²) >= 11 is 0. The number of nitrogens with one attached hydrogen (secondary N) is 1. The second-order valence-electron chi connectivity index (χ2n) is 6.79. The van der Waals surface area contributed by atoms with Gasteiger partial charge in [-0.15, -0.1) is 0 Å². The van der Waals surface area contributed by atoms with Gasteiger partial charge in [-0.2, -0.15) is 0 Å². The van der Waals surface area contributed by atoms with Crippen LogP contribution in [-0.4, -0.2) is 65.0 Å². The Morgan fingerprint density at radius 3 is 2.77 bits per heavy atom. The lowest BCUT2D eigenvalue weighted by atomic mass is 10.2. The molecule has 2 rings (SSSR count). The molecule has 1 aliphatic rings. The van der Waals surface area contributed by atoms with Crippen LogP contribution in [0, 0.1) is 0 Å².